The lowest BCUT2D eigenvalue weighted by Crippen LogP contribution is -2.17. The summed E-state index contributed by atoms with van der Waals surface area (Å²) in [7, 11) is 0. The van der Waals surface area contributed by atoms with Crippen molar-refractivity contribution in [2.24, 2.45) is 0 Å². The Labute approximate surface area is 246 Å². The Balaban J connectivity index is 1.52. The second kappa shape index (κ2) is 8.99. The predicted octanol–water partition coefficient (Wildman–Crippen LogP) is 11.2. The number of nitrogens with zero attached hydrogens (tertiary/aromatic N) is 1. The third-order valence-electron chi connectivity index (χ3n) is 8.87. The second-order valence-corrected chi connectivity index (χ2v) is 12.0. The Morgan fingerprint density at radius 2 is 0.976 bits per heavy atom. The number of anilines is 3. The lowest BCUT2D eigenvalue weighted by atomic mass is 9.79. The minimum Gasteiger partial charge on any atom is -0.310 e. The van der Waals surface area contributed by atoms with E-state index in [2.05, 4.69) is 165 Å². The van der Waals surface area contributed by atoms with E-state index < -0.39 is 0 Å². The summed E-state index contributed by atoms with van der Waals surface area (Å²) in [5.74, 6) is 0. The number of para-hydroxylation sites is 1. The fraction of sp³-hybridized carbons (Fsp3) is 0.0769. The summed E-state index contributed by atoms with van der Waals surface area (Å²) in [4.78, 5) is 3.35. The number of hydrogen-bond acceptors (Lipinski definition) is 2. The fourth-order valence-corrected chi connectivity index (χ4v) is 7.24. The molecule has 2 heteroatoms. The third kappa shape index (κ3) is 3.51. The molecule has 0 radical (unpaired) electrons. The molecule has 0 N–H and O–H groups in total. The van der Waals surface area contributed by atoms with Gasteiger partial charge in [-0.25, -0.2) is 0 Å². The highest BCUT2D eigenvalue weighted by Gasteiger charge is 2.40. The van der Waals surface area contributed by atoms with Crippen molar-refractivity contribution in [1.82, 2.24) is 0 Å². The largest absolute Gasteiger partial charge is 0.310 e. The zero-order valence-electron chi connectivity index (χ0n) is 23.1. The van der Waals surface area contributed by atoms with Gasteiger partial charge >= 0.3 is 0 Å². The van der Waals surface area contributed by atoms with Crippen LogP contribution in [-0.2, 0) is 5.41 Å². The van der Waals surface area contributed by atoms with Crippen molar-refractivity contribution in [2.75, 3.05) is 4.90 Å². The summed E-state index contributed by atoms with van der Waals surface area (Å²) in [5.41, 5.74) is 8.79. The van der Waals surface area contributed by atoms with Crippen molar-refractivity contribution in [1.29, 1.82) is 0 Å². The summed E-state index contributed by atoms with van der Waals surface area (Å²) >= 11 is 4.58. The van der Waals surface area contributed by atoms with Gasteiger partial charge in [-0.2, -0.15) is 0 Å². The van der Waals surface area contributed by atoms with Crippen molar-refractivity contribution >= 4 is 62.0 Å². The van der Waals surface area contributed by atoms with Crippen LogP contribution in [0.1, 0.15) is 25.0 Å². The number of thiol groups is 1. The molecule has 0 bridgehead atoms. The minimum atomic E-state index is -0.190. The lowest BCUT2D eigenvalue weighted by Gasteiger charge is -2.30. The zero-order valence-corrected chi connectivity index (χ0v) is 24.0. The maximum Gasteiger partial charge on any atom is 0.0543 e. The summed E-state index contributed by atoms with van der Waals surface area (Å²) in [6, 6.07) is 48.4. The van der Waals surface area contributed by atoms with E-state index in [0.717, 1.165) is 16.3 Å². The van der Waals surface area contributed by atoms with Crippen LogP contribution in [0.3, 0.4) is 0 Å². The first kappa shape index (κ1) is 24.3. The van der Waals surface area contributed by atoms with Gasteiger partial charge in [-0.1, -0.05) is 105 Å². The van der Waals surface area contributed by atoms with E-state index in [9.17, 15) is 0 Å². The van der Waals surface area contributed by atoms with E-state index in [-0.39, 0.29) is 5.41 Å². The SMILES string of the molecule is CC1(C)c2cc(N(c3ccccc3)c3ccc(S)cc3)c3ccccc3c2-c2c1c1ccccc1c1ccccc21. The molecular weight excluding hydrogens is 515 g/mol. The summed E-state index contributed by atoms with van der Waals surface area (Å²) in [5, 5.41) is 7.85. The van der Waals surface area contributed by atoms with Crippen molar-refractivity contribution in [3.8, 4) is 11.1 Å². The van der Waals surface area contributed by atoms with Crippen molar-refractivity contribution in [3.63, 3.8) is 0 Å². The highest BCUT2D eigenvalue weighted by Crippen LogP contribution is 2.58. The van der Waals surface area contributed by atoms with Crippen LogP contribution in [-0.4, -0.2) is 0 Å². The van der Waals surface area contributed by atoms with Crippen molar-refractivity contribution < 1.29 is 0 Å². The number of benzene rings is 7. The van der Waals surface area contributed by atoms with Crippen LogP contribution in [0.5, 0.6) is 0 Å². The second-order valence-electron chi connectivity index (χ2n) is 11.5. The van der Waals surface area contributed by atoms with E-state index in [1.807, 2.05) is 0 Å². The molecule has 0 saturated carbocycles. The average molecular weight is 544 g/mol. The molecule has 1 nitrogen and oxygen atoms in total. The van der Waals surface area contributed by atoms with Crippen molar-refractivity contribution in [2.45, 2.75) is 24.2 Å². The minimum absolute atomic E-state index is 0.190. The maximum absolute atomic E-state index is 4.58. The normalized spacial score (nSPS) is 13.4. The highest BCUT2D eigenvalue weighted by atomic mass is 32.1. The molecule has 0 heterocycles. The van der Waals surface area contributed by atoms with Gasteiger partial charge < -0.3 is 4.90 Å². The highest BCUT2D eigenvalue weighted by molar-refractivity contribution is 7.80. The van der Waals surface area contributed by atoms with E-state index in [0.29, 0.717) is 0 Å². The van der Waals surface area contributed by atoms with Gasteiger partial charge in [0.25, 0.3) is 0 Å². The fourth-order valence-electron chi connectivity index (χ4n) is 7.09. The molecule has 0 aliphatic heterocycles. The van der Waals surface area contributed by atoms with Crippen LogP contribution < -0.4 is 4.90 Å². The third-order valence-corrected chi connectivity index (χ3v) is 9.17. The summed E-state index contributed by atoms with van der Waals surface area (Å²) < 4.78 is 0. The van der Waals surface area contributed by atoms with Gasteiger partial charge in [-0.3, -0.25) is 0 Å². The molecule has 1 aliphatic carbocycles. The molecule has 7 aromatic carbocycles. The van der Waals surface area contributed by atoms with Gasteiger partial charge in [-0.15, -0.1) is 12.6 Å². The van der Waals surface area contributed by atoms with Gasteiger partial charge in [0.1, 0.15) is 0 Å². The van der Waals surface area contributed by atoms with Crippen LogP contribution in [0.15, 0.2) is 138 Å². The van der Waals surface area contributed by atoms with Crippen molar-refractivity contribution in [3.05, 3.63) is 145 Å². The zero-order chi connectivity index (χ0) is 27.7. The smallest absolute Gasteiger partial charge is 0.0543 e. The van der Waals surface area contributed by atoms with E-state index >= 15 is 0 Å². The van der Waals surface area contributed by atoms with Crippen LogP contribution in [0.4, 0.5) is 17.1 Å². The molecule has 0 atom stereocenters. The average Bonchev–Trinajstić information content (AvgIpc) is 3.26. The Morgan fingerprint density at radius 1 is 0.488 bits per heavy atom. The Kier molecular flexibility index (Phi) is 5.32. The molecule has 8 rings (SSSR count). The summed E-state index contributed by atoms with van der Waals surface area (Å²) in [6.45, 7) is 4.81. The number of rotatable bonds is 3. The molecule has 0 spiro atoms. The molecule has 41 heavy (non-hydrogen) atoms. The van der Waals surface area contributed by atoms with Gasteiger partial charge in [0.05, 0.1) is 5.69 Å². The molecule has 1 aliphatic rings. The van der Waals surface area contributed by atoms with E-state index in [4.69, 9.17) is 0 Å². The van der Waals surface area contributed by atoms with Crippen LogP contribution >= 0.6 is 12.6 Å². The molecule has 0 unspecified atom stereocenters. The molecular formula is C39H29NS. The van der Waals surface area contributed by atoms with Gasteiger partial charge in [0.15, 0.2) is 0 Å². The topological polar surface area (TPSA) is 3.24 Å². The van der Waals surface area contributed by atoms with Gasteiger partial charge in [0, 0.05) is 27.1 Å². The molecule has 7 aromatic rings. The molecule has 0 fully saturated rings. The van der Waals surface area contributed by atoms with Crippen LogP contribution in [0.25, 0.3) is 43.4 Å². The Morgan fingerprint density at radius 3 is 1.63 bits per heavy atom. The first-order chi connectivity index (χ1) is 20.0. The Bertz CT molecular complexity index is 2120. The summed E-state index contributed by atoms with van der Waals surface area (Å²) in [6.07, 6.45) is 0. The first-order valence-electron chi connectivity index (χ1n) is 14.2. The van der Waals surface area contributed by atoms with E-state index in [1.54, 1.807) is 0 Å². The predicted molar refractivity (Wildman–Crippen MR) is 178 cm³/mol. The quantitative estimate of drug-likeness (QED) is 0.171. The van der Waals surface area contributed by atoms with Gasteiger partial charge in [0.2, 0.25) is 0 Å². The van der Waals surface area contributed by atoms with Crippen LogP contribution in [0, 0.1) is 0 Å². The van der Waals surface area contributed by atoms with Crippen LogP contribution in [0.2, 0.25) is 0 Å². The number of fused-ring (bicyclic) bond motifs is 10. The van der Waals surface area contributed by atoms with E-state index in [1.165, 1.54) is 60.3 Å². The molecule has 0 aromatic heterocycles. The number of hydrogen-bond donors (Lipinski definition) is 1. The standard InChI is InChI=1S/C39H29NS/c1-39(2)34-24-35(40(25-12-4-3-5-13-25)26-20-22-27(41)23-21-26)30-16-8-10-18-32(30)36(34)37-31-17-9-6-14-28(31)29-15-7-11-19-33(29)38(37)39/h3-24,41H,1-2H3. The molecule has 0 saturated heterocycles. The van der Waals surface area contributed by atoms with Gasteiger partial charge in [-0.05, 0) is 91.6 Å². The molecule has 196 valence electrons. The Hall–Kier alpha value is -4.53. The first-order valence-corrected chi connectivity index (χ1v) is 14.6. The molecule has 0 amide bonds. The monoisotopic (exact) mass is 543 g/mol. The lowest BCUT2D eigenvalue weighted by molar-refractivity contribution is 0.667. The maximum atomic E-state index is 4.58.